The minimum Gasteiger partial charge on any atom is -0.453 e. The van der Waals surface area contributed by atoms with Crippen molar-refractivity contribution >= 4 is 33.4 Å². The predicted octanol–water partition coefficient (Wildman–Crippen LogP) is 13.5. The van der Waals surface area contributed by atoms with Crippen LogP contribution in [0.15, 0.2) is 134 Å². The smallest absolute Gasteiger partial charge is 0.221 e. The van der Waals surface area contributed by atoms with Crippen LogP contribution in [0.4, 0.5) is 17.1 Å². The van der Waals surface area contributed by atoms with Crippen molar-refractivity contribution in [3.63, 3.8) is 0 Å². The molecule has 3 nitrogen and oxygen atoms in total. The molecule has 0 radical (unpaired) electrons. The minimum atomic E-state index is -0.193. The number of ether oxygens (including phenoxy) is 1. The normalized spacial score (nSPS) is 13.9. The third-order valence-electron chi connectivity index (χ3n) is 11.6. The fourth-order valence-electron chi connectivity index (χ4n) is 9.12. The Morgan fingerprint density at radius 2 is 1.15 bits per heavy atom. The van der Waals surface area contributed by atoms with Crippen molar-refractivity contribution in [2.24, 2.45) is 0 Å². The van der Waals surface area contributed by atoms with Crippen molar-refractivity contribution in [2.45, 2.75) is 59.9 Å². The molecule has 2 aliphatic rings. The van der Waals surface area contributed by atoms with Gasteiger partial charge in [-0.25, -0.2) is 0 Å². The molecule has 0 saturated heterocycles. The van der Waals surface area contributed by atoms with Gasteiger partial charge in [-0.05, 0) is 103 Å². The number of benzene rings is 6. The molecule has 0 amide bonds. The van der Waals surface area contributed by atoms with Crippen molar-refractivity contribution < 1.29 is 9.30 Å². The van der Waals surface area contributed by atoms with Crippen LogP contribution in [0, 0.1) is 27.7 Å². The summed E-state index contributed by atoms with van der Waals surface area (Å²) in [7, 11) is 0. The number of anilines is 3. The highest BCUT2D eigenvalue weighted by Gasteiger charge is 2.47. The standard InChI is InChI=1S/C50H45N2O/c1-8-50(9-2)35(7)42-17-16-41(30-44(42)49-43-13-11-10-12-36(43)20-21-51(49)50)52-45-18-14-37(39-24-31(3)22-32(4)25-39)28-47(45)53-48-29-38(15-19-46(48)52)40-26-33(5)23-34(6)27-40/h10-30H,7-9H2,1-6H3/q+1. The van der Waals surface area contributed by atoms with Crippen molar-refractivity contribution in [3.8, 4) is 45.0 Å². The molecule has 1 aromatic heterocycles. The summed E-state index contributed by atoms with van der Waals surface area (Å²) in [5, 5.41) is 2.50. The van der Waals surface area contributed by atoms with Crippen molar-refractivity contribution in [3.05, 3.63) is 162 Å². The summed E-state index contributed by atoms with van der Waals surface area (Å²) in [5.41, 5.74) is 17.4. The average Bonchev–Trinajstić information content (AvgIpc) is 3.16. The molecule has 0 atom stereocenters. The summed E-state index contributed by atoms with van der Waals surface area (Å²) < 4.78 is 9.43. The topological polar surface area (TPSA) is 16.4 Å². The predicted molar refractivity (Wildman–Crippen MR) is 222 cm³/mol. The number of nitrogens with zero attached hydrogens (tertiary/aromatic N) is 2. The Morgan fingerprint density at radius 1 is 0.585 bits per heavy atom. The summed E-state index contributed by atoms with van der Waals surface area (Å²) in [6, 6.07) is 44.8. The number of pyridine rings is 1. The second-order valence-electron chi connectivity index (χ2n) is 15.1. The molecule has 2 aliphatic heterocycles. The summed E-state index contributed by atoms with van der Waals surface area (Å²) >= 11 is 0. The van der Waals surface area contributed by atoms with Crippen LogP contribution in [0.3, 0.4) is 0 Å². The molecule has 0 unspecified atom stereocenters. The average molecular weight is 690 g/mol. The van der Waals surface area contributed by atoms with Gasteiger partial charge in [-0.3, -0.25) is 0 Å². The van der Waals surface area contributed by atoms with E-state index in [1.54, 1.807) is 0 Å². The second kappa shape index (κ2) is 12.3. The maximum atomic E-state index is 6.91. The zero-order valence-electron chi connectivity index (χ0n) is 31.5. The van der Waals surface area contributed by atoms with Gasteiger partial charge in [0, 0.05) is 30.2 Å². The molecule has 6 aromatic carbocycles. The van der Waals surface area contributed by atoms with Gasteiger partial charge in [0.25, 0.3) is 0 Å². The molecule has 3 heteroatoms. The van der Waals surface area contributed by atoms with Crippen molar-refractivity contribution in [1.82, 2.24) is 0 Å². The molecule has 0 fully saturated rings. The largest absolute Gasteiger partial charge is 0.453 e. The molecule has 7 aromatic rings. The van der Waals surface area contributed by atoms with E-state index < -0.39 is 0 Å². The number of rotatable bonds is 5. The zero-order valence-corrected chi connectivity index (χ0v) is 31.5. The molecule has 53 heavy (non-hydrogen) atoms. The van der Waals surface area contributed by atoms with Gasteiger partial charge in [-0.15, -0.1) is 0 Å². The highest BCUT2D eigenvalue weighted by atomic mass is 16.5. The monoisotopic (exact) mass is 689 g/mol. The van der Waals surface area contributed by atoms with Gasteiger partial charge < -0.3 is 9.64 Å². The first kappa shape index (κ1) is 32.9. The van der Waals surface area contributed by atoms with E-state index in [9.17, 15) is 0 Å². The van der Waals surface area contributed by atoms with Crippen LogP contribution in [0.2, 0.25) is 0 Å². The number of hydrogen-bond donors (Lipinski definition) is 0. The van der Waals surface area contributed by atoms with Crippen LogP contribution in [-0.2, 0) is 5.54 Å². The number of aryl methyl sites for hydroxylation is 4. The number of hydrogen-bond acceptors (Lipinski definition) is 2. The van der Waals surface area contributed by atoms with Gasteiger partial charge in [0.05, 0.1) is 22.3 Å². The third kappa shape index (κ3) is 5.21. The fourth-order valence-corrected chi connectivity index (χ4v) is 9.12. The van der Waals surface area contributed by atoms with Gasteiger partial charge in [-0.2, -0.15) is 4.57 Å². The summed E-state index contributed by atoms with van der Waals surface area (Å²) in [6.45, 7) is 18.0. The second-order valence-corrected chi connectivity index (χ2v) is 15.1. The quantitative estimate of drug-likeness (QED) is 0.167. The molecule has 0 aliphatic carbocycles. The Labute approximate surface area is 313 Å². The summed E-state index contributed by atoms with van der Waals surface area (Å²) in [5.74, 6) is 1.68. The van der Waals surface area contributed by atoms with E-state index >= 15 is 0 Å². The van der Waals surface area contributed by atoms with E-state index in [1.165, 1.54) is 66.5 Å². The Kier molecular flexibility index (Phi) is 7.67. The van der Waals surface area contributed by atoms with E-state index in [0.717, 1.165) is 52.5 Å². The van der Waals surface area contributed by atoms with Crippen molar-refractivity contribution in [2.75, 3.05) is 4.90 Å². The molecule has 9 rings (SSSR count). The highest BCUT2D eigenvalue weighted by Crippen LogP contribution is 2.54. The fraction of sp³-hybridized carbons (Fsp3) is 0.180. The van der Waals surface area contributed by atoms with Gasteiger partial charge in [0.2, 0.25) is 5.69 Å². The molecule has 260 valence electrons. The highest BCUT2D eigenvalue weighted by molar-refractivity contribution is 5.99. The van der Waals surface area contributed by atoms with Crippen LogP contribution in [0.25, 0.3) is 49.9 Å². The van der Waals surface area contributed by atoms with Crippen molar-refractivity contribution in [1.29, 1.82) is 0 Å². The number of aromatic nitrogens is 1. The molecule has 3 heterocycles. The Balaban J connectivity index is 1.27. The lowest BCUT2D eigenvalue weighted by molar-refractivity contribution is -0.740. The van der Waals surface area contributed by atoms with Gasteiger partial charge >= 0.3 is 0 Å². The number of allylic oxidation sites excluding steroid dienone is 1. The zero-order chi connectivity index (χ0) is 36.6. The maximum absolute atomic E-state index is 6.91. The van der Waals surface area contributed by atoms with E-state index in [1.807, 2.05) is 0 Å². The Bertz CT molecular complexity index is 2500. The summed E-state index contributed by atoms with van der Waals surface area (Å²) in [4.78, 5) is 2.38. The third-order valence-corrected chi connectivity index (χ3v) is 11.6. The lowest BCUT2D eigenvalue weighted by Gasteiger charge is -2.37. The number of fused-ring (bicyclic) bond motifs is 7. The van der Waals surface area contributed by atoms with Crippen LogP contribution in [-0.4, -0.2) is 0 Å². The first-order valence-electron chi connectivity index (χ1n) is 18.9. The molecular formula is C50H45N2O+. The molecule has 0 spiro atoms. The molecular weight excluding hydrogens is 645 g/mol. The lowest BCUT2D eigenvalue weighted by atomic mass is 9.75. The van der Waals surface area contributed by atoms with E-state index in [4.69, 9.17) is 11.3 Å². The lowest BCUT2D eigenvalue weighted by Crippen LogP contribution is -2.59. The first-order chi connectivity index (χ1) is 25.7. The summed E-state index contributed by atoms with van der Waals surface area (Å²) in [6.07, 6.45) is 4.22. The molecule has 0 N–H and O–H groups in total. The minimum absolute atomic E-state index is 0.193. The maximum Gasteiger partial charge on any atom is 0.221 e. The van der Waals surface area contributed by atoms with Crippen LogP contribution < -0.4 is 14.2 Å². The van der Waals surface area contributed by atoms with E-state index in [-0.39, 0.29) is 5.54 Å². The first-order valence-corrected chi connectivity index (χ1v) is 18.9. The van der Waals surface area contributed by atoms with E-state index in [0.29, 0.717) is 0 Å². The van der Waals surface area contributed by atoms with Gasteiger partial charge in [-0.1, -0.05) is 115 Å². The van der Waals surface area contributed by atoms with Crippen LogP contribution in [0.1, 0.15) is 54.5 Å². The van der Waals surface area contributed by atoms with Crippen LogP contribution in [0.5, 0.6) is 11.5 Å². The van der Waals surface area contributed by atoms with Gasteiger partial charge in [0.1, 0.15) is 0 Å². The van der Waals surface area contributed by atoms with Gasteiger partial charge in [0.15, 0.2) is 23.2 Å². The van der Waals surface area contributed by atoms with Crippen LogP contribution >= 0.6 is 0 Å². The molecule has 0 saturated carbocycles. The SMILES string of the molecule is C=C1c2ccc(N3c4ccc(-c5cc(C)cc(C)c5)cc4Oc4cc(-c5cc(C)cc(C)c5)ccc43)cc2-c2c3ccccc3cc[n+]2C1(CC)CC. The molecule has 0 bridgehead atoms. The Hall–Kier alpha value is -5.93. The Morgan fingerprint density at radius 3 is 1.72 bits per heavy atom. The van der Waals surface area contributed by atoms with E-state index in [2.05, 4.69) is 179 Å².